The zero-order valence-corrected chi connectivity index (χ0v) is 15.8. The highest BCUT2D eigenvalue weighted by atomic mass is 35.5. The monoisotopic (exact) mass is 361 g/mol. The number of benzene rings is 1. The van der Waals surface area contributed by atoms with Gasteiger partial charge in [-0.3, -0.25) is 0 Å². The highest BCUT2D eigenvalue weighted by Gasteiger charge is 2.10. The van der Waals surface area contributed by atoms with E-state index in [0.717, 1.165) is 44.7 Å². The number of ether oxygens (including phenoxy) is 2. The summed E-state index contributed by atoms with van der Waals surface area (Å²) in [6.07, 6.45) is 4.85. The normalized spacial score (nSPS) is 15.7. The zero-order valence-electron chi connectivity index (χ0n) is 14.2. The molecule has 132 valence electrons. The first kappa shape index (κ1) is 20.7. The average Bonchev–Trinajstić information content (AvgIpc) is 2.59. The van der Waals surface area contributed by atoms with Crippen molar-refractivity contribution < 1.29 is 9.47 Å². The number of nitrogens with one attached hydrogen (secondary N) is 1. The zero-order chi connectivity index (χ0) is 16.9. The van der Waals surface area contributed by atoms with E-state index < -0.39 is 0 Å². The lowest BCUT2D eigenvalue weighted by Gasteiger charge is -2.16. The fourth-order valence-electron chi connectivity index (χ4n) is 2.22. The molecule has 1 aromatic rings. The number of rotatable bonds is 7. The molecule has 3 nitrogen and oxygen atoms in total. The van der Waals surface area contributed by atoms with E-state index in [4.69, 9.17) is 32.7 Å². The molecule has 5 heteroatoms. The van der Waals surface area contributed by atoms with Gasteiger partial charge in [0.2, 0.25) is 0 Å². The first-order valence-corrected chi connectivity index (χ1v) is 9.27. The van der Waals surface area contributed by atoms with Crippen LogP contribution in [0.4, 0.5) is 0 Å². The van der Waals surface area contributed by atoms with Gasteiger partial charge in [0.15, 0.2) is 0 Å². The van der Waals surface area contributed by atoms with Crippen LogP contribution >= 0.6 is 23.2 Å². The largest absolute Gasteiger partial charge is 0.379 e. The van der Waals surface area contributed by atoms with Crippen LogP contribution in [0.15, 0.2) is 18.2 Å². The minimum absolute atomic E-state index is 0.308. The SMILES string of the molecule is C1COCCN1.CCCCC(CC)OCc1c(Cl)cccc1Cl. The predicted molar refractivity (Wildman–Crippen MR) is 98.5 cm³/mol. The van der Waals surface area contributed by atoms with Gasteiger partial charge in [0.25, 0.3) is 0 Å². The summed E-state index contributed by atoms with van der Waals surface area (Å²) in [7, 11) is 0. The Kier molecular flexibility index (Phi) is 11.7. The van der Waals surface area contributed by atoms with Gasteiger partial charge in [-0.25, -0.2) is 0 Å². The topological polar surface area (TPSA) is 30.5 Å². The van der Waals surface area contributed by atoms with Crippen molar-refractivity contribution in [3.63, 3.8) is 0 Å². The van der Waals surface area contributed by atoms with Crippen molar-refractivity contribution >= 4 is 23.2 Å². The van der Waals surface area contributed by atoms with Gasteiger partial charge in [0, 0.05) is 28.7 Å². The highest BCUT2D eigenvalue weighted by molar-refractivity contribution is 6.35. The number of hydrogen-bond donors (Lipinski definition) is 1. The summed E-state index contributed by atoms with van der Waals surface area (Å²) in [6, 6.07) is 5.54. The number of morpholine rings is 1. The van der Waals surface area contributed by atoms with Crippen LogP contribution in [0, 0.1) is 0 Å². The van der Waals surface area contributed by atoms with Crippen LogP contribution in [-0.4, -0.2) is 32.4 Å². The van der Waals surface area contributed by atoms with Gasteiger partial charge in [-0.15, -0.1) is 0 Å². The van der Waals surface area contributed by atoms with Gasteiger partial charge in [-0.1, -0.05) is 56.0 Å². The van der Waals surface area contributed by atoms with Crippen molar-refractivity contribution in [2.45, 2.75) is 52.2 Å². The van der Waals surface area contributed by atoms with E-state index in [9.17, 15) is 0 Å². The van der Waals surface area contributed by atoms with Crippen LogP contribution in [0.25, 0.3) is 0 Å². The maximum atomic E-state index is 6.10. The second kappa shape index (κ2) is 13.0. The summed E-state index contributed by atoms with van der Waals surface area (Å²) in [5, 5.41) is 4.53. The minimum atomic E-state index is 0.308. The molecule has 1 heterocycles. The summed E-state index contributed by atoms with van der Waals surface area (Å²) in [5.41, 5.74) is 0.894. The molecule has 1 fully saturated rings. The predicted octanol–water partition coefficient (Wildman–Crippen LogP) is 5.09. The third-order valence-corrected chi connectivity index (χ3v) is 4.41. The third-order valence-electron chi connectivity index (χ3n) is 3.71. The van der Waals surface area contributed by atoms with Crippen LogP contribution in [0.3, 0.4) is 0 Å². The first-order valence-electron chi connectivity index (χ1n) is 8.52. The lowest BCUT2D eigenvalue weighted by atomic mass is 10.1. The second-order valence-electron chi connectivity index (χ2n) is 5.55. The van der Waals surface area contributed by atoms with Crippen LogP contribution in [0.2, 0.25) is 10.0 Å². The molecule has 1 aliphatic heterocycles. The maximum absolute atomic E-state index is 6.10. The molecule has 0 saturated carbocycles. The van der Waals surface area contributed by atoms with Crippen molar-refractivity contribution in [1.29, 1.82) is 0 Å². The molecule has 1 atom stereocenters. The van der Waals surface area contributed by atoms with E-state index in [1.165, 1.54) is 12.8 Å². The standard InChI is InChI=1S/C14H20Cl2O.C4H9NO/c1-3-5-7-11(4-2)17-10-12-13(15)8-6-9-14(12)16;1-3-6-4-2-5-1/h6,8-9,11H,3-5,7,10H2,1-2H3;5H,1-4H2. The van der Waals surface area contributed by atoms with Gasteiger partial charge in [-0.05, 0) is 25.0 Å². The molecule has 1 aromatic carbocycles. The Hall–Kier alpha value is -0.320. The Morgan fingerprint density at radius 1 is 1.17 bits per heavy atom. The van der Waals surface area contributed by atoms with Crippen molar-refractivity contribution in [2.75, 3.05) is 26.3 Å². The highest BCUT2D eigenvalue weighted by Crippen LogP contribution is 2.26. The minimum Gasteiger partial charge on any atom is -0.379 e. The molecule has 2 rings (SSSR count). The fraction of sp³-hybridized carbons (Fsp3) is 0.667. The summed E-state index contributed by atoms with van der Waals surface area (Å²) in [4.78, 5) is 0. The van der Waals surface area contributed by atoms with Gasteiger partial charge in [0.05, 0.1) is 25.9 Å². The van der Waals surface area contributed by atoms with E-state index in [1.54, 1.807) is 0 Å². The van der Waals surface area contributed by atoms with Crippen LogP contribution in [-0.2, 0) is 16.1 Å². The Morgan fingerprint density at radius 3 is 2.26 bits per heavy atom. The molecular weight excluding hydrogens is 333 g/mol. The molecule has 0 aromatic heterocycles. The molecule has 1 saturated heterocycles. The van der Waals surface area contributed by atoms with Gasteiger partial charge >= 0.3 is 0 Å². The van der Waals surface area contributed by atoms with Crippen molar-refractivity contribution in [1.82, 2.24) is 5.32 Å². The molecule has 23 heavy (non-hydrogen) atoms. The number of unbranched alkanes of at least 4 members (excludes halogenated alkanes) is 1. The van der Waals surface area contributed by atoms with Crippen LogP contribution in [0.5, 0.6) is 0 Å². The van der Waals surface area contributed by atoms with Crippen molar-refractivity contribution in [2.24, 2.45) is 0 Å². The summed E-state index contributed by atoms with van der Waals surface area (Å²) < 4.78 is 10.9. The Bertz CT molecular complexity index is 394. The van der Waals surface area contributed by atoms with Crippen LogP contribution in [0.1, 0.15) is 45.1 Å². The second-order valence-corrected chi connectivity index (χ2v) is 6.36. The molecule has 0 radical (unpaired) electrons. The van der Waals surface area contributed by atoms with E-state index in [2.05, 4.69) is 19.2 Å². The maximum Gasteiger partial charge on any atom is 0.0749 e. The van der Waals surface area contributed by atoms with Crippen molar-refractivity contribution in [3.8, 4) is 0 Å². The molecule has 1 unspecified atom stereocenters. The lowest BCUT2D eigenvalue weighted by molar-refractivity contribution is 0.0313. The summed E-state index contributed by atoms with van der Waals surface area (Å²) >= 11 is 12.2. The molecule has 1 N–H and O–H groups in total. The summed E-state index contributed by atoms with van der Waals surface area (Å²) in [6.45, 7) is 8.67. The molecule has 0 aliphatic carbocycles. The van der Waals surface area contributed by atoms with Crippen LogP contribution < -0.4 is 5.32 Å². The van der Waals surface area contributed by atoms with Gasteiger partial charge in [-0.2, -0.15) is 0 Å². The van der Waals surface area contributed by atoms with Gasteiger partial charge < -0.3 is 14.8 Å². The number of halogens is 2. The molecule has 1 aliphatic rings. The quantitative estimate of drug-likeness (QED) is 0.733. The van der Waals surface area contributed by atoms with E-state index in [0.29, 0.717) is 22.8 Å². The molecule has 0 spiro atoms. The van der Waals surface area contributed by atoms with E-state index in [1.807, 2.05) is 18.2 Å². The number of hydrogen-bond acceptors (Lipinski definition) is 3. The van der Waals surface area contributed by atoms with Gasteiger partial charge in [0.1, 0.15) is 0 Å². The third kappa shape index (κ3) is 8.92. The molecule has 0 amide bonds. The van der Waals surface area contributed by atoms with Crippen molar-refractivity contribution in [3.05, 3.63) is 33.8 Å². The Labute approximate surface area is 150 Å². The fourth-order valence-corrected chi connectivity index (χ4v) is 2.73. The Balaban J connectivity index is 0.000000366. The lowest BCUT2D eigenvalue weighted by Crippen LogP contribution is -2.30. The first-order chi connectivity index (χ1) is 11.2. The Morgan fingerprint density at radius 2 is 1.83 bits per heavy atom. The molecular formula is C18H29Cl2NO2. The smallest absolute Gasteiger partial charge is 0.0749 e. The van der Waals surface area contributed by atoms with E-state index >= 15 is 0 Å². The molecule has 0 bridgehead atoms. The summed E-state index contributed by atoms with van der Waals surface area (Å²) in [5.74, 6) is 0. The van der Waals surface area contributed by atoms with E-state index in [-0.39, 0.29) is 0 Å². The average molecular weight is 362 g/mol.